The van der Waals surface area contributed by atoms with E-state index in [1.807, 2.05) is 0 Å². The molecule has 0 spiro atoms. The summed E-state index contributed by atoms with van der Waals surface area (Å²) in [6.45, 7) is 1.13. The first-order valence-electron chi connectivity index (χ1n) is 7.64. The highest BCUT2D eigenvalue weighted by molar-refractivity contribution is 7.91. The molecule has 1 aromatic carbocycles. The van der Waals surface area contributed by atoms with Gasteiger partial charge in [-0.15, -0.1) is 0 Å². The van der Waals surface area contributed by atoms with Gasteiger partial charge in [0.15, 0.2) is 15.9 Å². The quantitative estimate of drug-likeness (QED) is 0.762. The van der Waals surface area contributed by atoms with Crippen LogP contribution in [0.3, 0.4) is 0 Å². The number of halogens is 6. The van der Waals surface area contributed by atoms with Gasteiger partial charge >= 0.3 is 12.4 Å². The number of nitrogens with one attached hydrogen (secondary N) is 1. The van der Waals surface area contributed by atoms with Crippen molar-refractivity contribution < 1.29 is 44.3 Å². The van der Waals surface area contributed by atoms with Crippen LogP contribution < -0.4 is 10.1 Å². The van der Waals surface area contributed by atoms with Crippen LogP contribution in [-0.4, -0.2) is 38.0 Å². The Bertz CT molecular complexity index is 786. The SMILES string of the molecule is C[C@@H](Oc1cc(C(F)(F)F)cc(C(F)(F)F)c1)C(=O)N[C@@H]1CCS(=O)(=O)C1. The minimum absolute atomic E-state index is 0.0546. The van der Waals surface area contributed by atoms with E-state index in [-0.39, 0.29) is 24.0 Å². The third kappa shape index (κ3) is 5.75. The molecule has 2 rings (SSSR count). The van der Waals surface area contributed by atoms with Crippen molar-refractivity contribution >= 4 is 15.7 Å². The highest BCUT2D eigenvalue weighted by Crippen LogP contribution is 2.38. The molecule has 1 amide bonds. The molecule has 27 heavy (non-hydrogen) atoms. The number of hydrogen-bond acceptors (Lipinski definition) is 4. The maximum atomic E-state index is 12.8. The number of alkyl halides is 6. The molecule has 1 N–H and O–H groups in total. The van der Waals surface area contributed by atoms with Crippen LogP contribution in [0.15, 0.2) is 18.2 Å². The summed E-state index contributed by atoms with van der Waals surface area (Å²) in [6.07, 6.45) is -11.3. The smallest absolute Gasteiger partial charge is 0.416 e. The number of rotatable bonds is 4. The van der Waals surface area contributed by atoms with E-state index in [1.54, 1.807) is 0 Å². The van der Waals surface area contributed by atoms with Gasteiger partial charge in [-0.3, -0.25) is 4.79 Å². The first kappa shape index (κ1) is 21.3. The van der Waals surface area contributed by atoms with Crippen molar-refractivity contribution in [2.75, 3.05) is 11.5 Å². The van der Waals surface area contributed by atoms with Gasteiger partial charge < -0.3 is 10.1 Å². The van der Waals surface area contributed by atoms with Crippen molar-refractivity contribution in [3.8, 4) is 5.75 Å². The summed E-state index contributed by atoms with van der Waals surface area (Å²) < 4.78 is 105. The predicted molar refractivity (Wildman–Crippen MR) is 81.7 cm³/mol. The molecular weight excluding hydrogens is 404 g/mol. The van der Waals surface area contributed by atoms with Crippen LogP contribution in [0.25, 0.3) is 0 Å². The summed E-state index contributed by atoms with van der Waals surface area (Å²) in [5, 5.41) is 2.36. The molecule has 0 unspecified atom stereocenters. The van der Waals surface area contributed by atoms with E-state index in [9.17, 15) is 39.6 Å². The van der Waals surface area contributed by atoms with Gasteiger partial charge in [-0.25, -0.2) is 8.42 Å². The zero-order chi connectivity index (χ0) is 20.6. The second-order valence-corrected chi connectivity index (χ2v) is 8.34. The number of amides is 1. The molecule has 0 saturated carbocycles. The van der Waals surface area contributed by atoms with Gasteiger partial charge in [0.1, 0.15) is 5.75 Å². The lowest BCUT2D eigenvalue weighted by Gasteiger charge is -2.19. The van der Waals surface area contributed by atoms with Gasteiger partial charge in [0.25, 0.3) is 5.91 Å². The van der Waals surface area contributed by atoms with Crippen LogP contribution in [0.1, 0.15) is 24.5 Å². The number of benzene rings is 1. The molecule has 1 heterocycles. The van der Waals surface area contributed by atoms with Crippen LogP contribution >= 0.6 is 0 Å². The third-order valence-corrected chi connectivity index (χ3v) is 5.59. The molecule has 0 bridgehead atoms. The van der Waals surface area contributed by atoms with Gasteiger partial charge in [0, 0.05) is 6.04 Å². The molecule has 1 saturated heterocycles. The van der Waals surface area contributed by atoms with Gasteiger partial charge in [0.05, 0.1) is 22.6 Å². The van der Waals surface area contributed by atoms with E-state index in [0.29, 0.717) is 12.1 Å². The normalized spacial score (nSPS) is 20.9. The van der Waals surface area contributed by atoms with Crippen LogP contribution in [-0.2, 0) is 27.0 Å². The van der Waals surface area contributed by atoms with E-state index in [1.165, 1.54) is 0 Å². The fourth-order valence-corrected chi connectivity index (χ4v) is 4.15. The minimum atomic E-state index is -5.04. The fraction of sp³-hybridized carbons (Fsp3) is 0.533. The lowest BCUT2D eigenvalue weighted by Crippen LogP contribution is -2.43. The van der Waals surface area contributed by atoms with Crippen LogP contribution in [0, 0.1) is 0 Å². The lowest BCUT2D eigenvalue weighted by atomic mass is 10.1. The van der Waals surface area contributed by atoms with E-state index in [2.05, 4.69) is 5.32 Å². The second kappa shape index (κ2) is 7.21. The van der Waals surface area contributed by atoms with Crippen LogP contribution in [0.2, 0.25) is 0 Å². The molecule has 12 heteroatoms. The minimum Gasteiger partial charge on any atom is -0.481 e. The van der Waals surface area contributed by atoms with Crippen molar-refractivity contribution in [3.05, 3.63) is 29.3 Å². The first-order chi connectivity index (χ1) is 12.2. The zero-order valence-electron chi connectivity index (χ0n) is 13.8. The fourth-order valence-electron chi connectivity index (χ4n) is 2.48. The number of carbonyl (C=O) groups excluding carboxylic acids is 1. The summed E-state index contributed by atoms with van der Waals surface area (Å²) in [5.41, 5.74) is -3.14. The standard InChI is InChI=1S/C15H15F6NO4S/c1-8(13(23)22-11-2-3-27(24,25)7-11)26-12-5-9(14(16,17)18)4-10(6-12)15(19,20)21/h4-6,8,11H,2-3,7H2,1H3,(H,22,23)/t8-,11-/m1/s1. The van der Waals surface area contributed by atoms with E-state index < -0.39 is 57.1 Å². The third-order valence-electron chi connectivity index (χ3n) is 3.82. The van der Waals surface area contributed by atoms with Gasteiger partial charge in [-0.1, -0.05) is 0 Å². The van der Waals surface area contributed by atoms with Gasteiger partial charge in [0.2, 0.25) is 0 Å². The monoisotopic (exact) mass is 419 g/mol. The highest BCUT2D eigenvalue weighted by Gasteiger charge is 2.37. The molecule has 1 aliphatic heterocycles. The summed E-state index contributed by atoms with van der Waals surface area (Å²) in [6, 6.07) is -0.0141. The molecular formula is C15H15F6NO4S. The maximum Gasteiger partial charge on any atom is 0.416 e. The topological polar surface area (TPSA) is 72.5 Å². The molecule has 1 aliphatic rings. The number of sulfone groups is 1. The summed E-state index contributed by atoms with van der Waals surface area (Å²) in [4.78, 5) is 12.0. The Kier molecular flexibility index (Phi) is 5.69. The Hall–Kier alpha value is -1.98. The lowest BCUT2D eigenvalue weighted by molar-refractivity contribution is -0.143. The number of ether oxygens (including phenoxy) is 1. The summed E-state index contributed by atoms with van der Waals surface area (Å²) in [7, 11) is -3.28. The molecule has 0 aromatic heterocycles. The Morgan fingerprint density at radius 1 is 1.11 bits per heavy atom. The van der Waals surface area contributed by atoms with E-state index in [0.717, 1.165) is 6.92 Å². The largest absolute Gasteiger partial charge is 0.481 e. The van der Waals surface area contributed by atoms with Crippen LogP contribution in [0.4, 0.5) is 26.3 Å². The maximum absolute atomic E-state index is 12.8. The Labute approximate surface area is 150 Å². The average molecular weight is 419 g/mol. The van der Waals surface area contributed by atoms with Crippen molar-refractivity contribution in [2.24, 2.45) is 0 Å². The van der Waals surface area contributed by atoms with Crippen molar-refractivity contribution in [1.82, 2.24) is 5.32 Å². The molecule has 0 aliphatic carbocycles. The molecule has 1 aromatic rings. The molecule has 5 nitrogen and oxygen atoms in total. The van der Waals surface area contributed by atoms with Crippen molar-refractivity contribution in [3.63, 3.8) is 0 Å². The molecule has 1 fully saturated rings. The summed E-state index contributed by atoms with van der Waals surface area (Å²) in [5.74, 6) is -2.02. The predicted octanol–water partition coefficient (Wildman–Crippen LogP) is 2.79. The van der Waals surface area contributed by atoms with Crippen molar-refractivity contribution in [2.45, 2.75) is 37.8 Å². The summed E-state index contributed by atoms with van der Waals surface area (Å²) >= 11 is 0. The Morgan fingerprint density at radius 2 is 1.63 bits per heavy atom. The zero-order valence-corrected chi connectivity index (χ0v) is 14.6. The van der Waals surface area contributed by atoms with E-state index in [4.69, 9.17) is 4.74 Å². The average Bonchev–Trinajstić information content (AvgIpc) is 2.83. The Balaban J connectivity index is 2.16. The van der Waals surface area contributed by atoms with Gasteiger partial charge in [-0.2, -0.15) is 26.3 Å². The number of hydrogen-bond donors (Lipinski definition) is 1. The van der Waals surface area contributed by atoms with E-state index >= 15 is 0 Å². The Morgan fingerprint density at radius 3 is 2.04 bits per heavy atom. The van der Waals surface area contributed by atoms with Gasteiger partial charge in [-0.05, 0) is 31.5 Å². The van der Waals surface area contributed by atoms with Crippen LogP contribution in [0.5, 0.6) is 5.75 Å². The highest BCUT2D eigenvalue weighted by atomic mass is 32.2. The number of carbonyl (C=O) groups is 1. The molecule has 152 valence electrons. The second-order valence-electron chi connectivity index (χ2n) is 6.11. The van der Waals surface area contributed by atoms with Crippen molar-refractivity contribution in [1.29, 1.82) is 0 Å². The first-order valence-corrected chi connectivity index (χ1v) is 9.46. The molecule has 2 atom stereocenters. The molecule has 0 radical (unpaired) electrons.